The molecule has 1 amide bonds. The van der Waals surface area contributed by atoms with Crippen molar-refractivity contribution in [3.05, 3.63) is 35.2 Å². The SMILES string of the molecule is C[C@@H]1[C@H](C)CCC[C@@H]1NC(=O)CSc1nnc(COc2ccccc2Cl)o1. The zero-order chi connectivity index (χ0) is 19.2. The first-order chi connectivity index (χ1) is 13.0. The van der Waals surface area contributed by atoms with E-state index in [1.807, 2.05) is 12.1 Å². The molecule has 1 aromatic carbocycles. The van der Waals surface area contributed by atoms with Gasteiger partial charge in [0.2, 0.25) is 5.91 Å². The number of hydrogen-bond acceptors (Lipinski definition) is 6. The van der Waals surface area contributed by atoms with Crippen LogP contribution in [0.4, 0.5) is 0 Å². The maximum absolute atomic E-state index is 12.2. The minimum Gasteiger partial charge on any atom is -0.482 e. The fourth-order valence-electron chi connectivity index (χ4n) is 3.22. The summed E-state index contributed by atoms with van der Waals surface area (Å²) in [5.74, 6) is 2.30. The zero-order valence-electron chi connectivity index (χ0n) is 15.5. The van der Waals surface area contributed by atoms with E-state index in [1.165, 1.54) is 24.6 Å². The van der Waals surface area contributed by atoms with Crippen LogP contribution in [0.3, 0.4) is 0 Å². The summed E-state index contributed by atoms with van der Waals surface area (Å²) in [5.41, 5.74) is 0. The molecule has 0 spiro atoms. The van der Waals surface area contributed by atoms with Gasteiger partial charge in [0.05, 0.1) is 10.8 Å². The number of aromatic nitrogens is 2. The Kier molecular flexibility index (Phi) is 7.01. The van der Waals surface area contributed by atoms with Gasteiger partial charge in [0.15, 0.2) is 6.61 Å². The van der Waals surface area contributed by atoms with Gasteiger partial charge in [-0.3, -0.25) is 4.79 Å². The molecule has 0 saturated heterocycles. The molecular formula is C19H24ClN3O3S. The van der Waals surface area contributed by atoms with Gasteiger partial charge in [-0.2, -0.15) is 0 Å². The predicted molar refractivity (Wildman–Crippen MR) is 105 cm³/mol. The Hall–Kier alpha value is -1.73. The van der Waals surface area contributed by atoms with Crippen LogP contribution in [0, 0.1) is 11.8 Å². The topological polar surface area (TPSA) is 77.2 Å². The monoisotopic (exact) mass is 409 g/mol. The van der Waals surface area contributed by atoms with E-state index in [0.717, 1.165) is 6.42 Å². The van der Waals surface area contributed by atoms with Crippen LogP contribution in [0.1, 0.15) is 39.0 Å². The van der Waals surface area contributed by atoms with E-state index in [2.05, 4.69) is 29.4 Å². The highest BCUT2D eigenvalue weighted by Crippen LogP contribution is 2.29. The fraction of sp³-hybridized carbons (Fsp3) is 0.526. The largest absolute Gasteiger partial charge is 0.482 e. The molecule has 3 rings (SSSR count). The molecule has 1 aliphatic rings. The van der Waals surface area contributed by atoms with E-state index in [4.69, 9.17) is 20.8 Å². The molecule has 1 heterocycles. The first-order valence-electron chi connectivity index (χ1n) is 9.15. The van der Waals surface area contributed by atoms with Crippen molar-refractivity contribution in [1.82, 2.24) is 15.5 Å². The summed E-state index contributed by atoms with van der Waals surface area (Å²) in [6.07, 6.45) is 3.46. The molecule has 3 atom stereocenters. The van der Waals surface area contributed by atoms with Crippen LogP contribution in [-0.4, -0.2) is 27.9 Å². The first-order valence-corrected chi connectivity index (χ1v) is 10.5. The molecule has 146 valence electrons. The van der Waals surface area contributed by atoms with Gasteiger partial charge in [0, 0.05) is 6.04 Å². The molecule has 8 heteroatoms. The third-order valence-corrected chi connectivity index (χ3v) is 6.15. The molecule has 0 unspecified atom stereocenters. The van der Waals surface area contributed by atoms with Crippen molar-refractivity contribution in [3.63, 3.8) is 0 Å². The second kappa shape index (κ2) is 9.46. The fourth-order valence-corrected chi connectivity index (χ4v) is 4.00. The average Bonchev–Trinajstić information content (AvgIpc) is 3.11. The van der Waals surface area contributed by atoms with E-state index in [1.54, 1.807) is 12.1 Å². The maximum Gasteiger partial charge on any atom is 0.277 e. The number of amides is 1. The van der Waals surface area contributed by atoms with E-state index in [-0.39, 0.29) is 24.3 Å². The van der Waals surface area contributed by atoms with Gasteiger partial charge in [0.25, 0.3) is 11.1 Å². The van der Waals surface area contributed by atoms with Crippen LogP contribution < -0.4 is 10.1 Å². The van der Waals surface area contributed by atoms with Crippen molar-refractivity contribution in [2.24, 2.45) is 11.8 Å². The van der Waals surface area contributed by atoms with Crippen LogP contribution in [0.15, 0.2) is 33.9 Å². The standard InChI is InChI=1S/C19H24ClN3O3S/c1-12-6-5-8-15(13(12)2)21-17(24)11-27-19-23-22-18(26-19)10-25-16-9-4-3-7-14(16)20/h3-4,7,9,12-13,15H,5-6,8,10-11H2,1-2H3,(H,21,24)/t12-,13-,15+/m1/s1. The zero-order valence-corrected chi connectivity index (χ0v) is 17.1. The Labute approximate surface area is 168 Å². The lowest BCUT2D eigenvalue weighted by Crippen LogP contribution is -2.44. The predicted octanol–water partition coefficient (Wildman–Crippen LogP) is 4.34. The van der Waals surface area contributed by atoms with Crippen molar-refractivity contribution in [2.45, 2.75) is 51.0 Å². The summed E-state index contributed by atoms with van der Waals surface area (Å²) in [6.45, 7) is 4.59. The molecule has 2 aromatic rings. The Bertz CT molecular complexity index is 770. The third-order valence-electron chi connectivity index (χ3n) is 5.02. The van der Waals surface area contributed by atoms with Crippen LogP contribution in [0.25, 0.3) is 0 Å². The summed E-state index contributed by atoms with van der Waals surface area (Å²) in [5, 5.41) is 11.9. The summed E-state index contributed by atoms with van der Waals surface area (Å²) < 4.78 is 11.1. The quantitative estimate of drug-likeness (QED) is 0.685. The number of carbonyl (C=O) groups is 1. The summed E-state index contributed by atoms with van der Waals surface area (Å²) in [7, 11) is 0. The molecule has 1 saturated carbocycles. The molecule has 1 aliphatic carbocycles. The highest BCUT2D eigenvalue weighted by atomic mass is 35.5. The number of para-hydroxylation sites is 1. The van der Waals surface area contributed by atoms with Gasteiger partial charge in [-0.05, 0) is 30.4 Å². The van der Waals surface area contributed by atoms with Gasteiger partial charge in [0.1, 0.15) is 5.75 Å². The number of nitrogens with one attached hydrogen (secondary N) is 1. The number of nitrogens with zero attached hydrogens (tertiary/aromatic N) is 2. The van der Waals surface area contributed by atoms with Crippen LogP contribution in [0.2, 0.25) is 5.02 Å². The van der Waals surface area contributed by atoms with E-state index in [0.29, 0.717) is 33.7 Å². The molecule has 27 heavy (non-hydrogen) atoms. The number of hydrogen-bond donors (Lipinski definition) is 1. The van der Waals surface area contributed by atoms with Crippen molar-refractivity contribution < 1.29 is 13.9 Å². The Morgan fingerprint density at radius 3 is 2.96 bits per heavy atom. The number of thioether (sulfide) groups is 1. The number of halogens is 1. The number of benzene rings is 1. The first kappa shape index (κ1) is 20.0. The van der Waals surface area contributed by atoms with Gasteiger partial charge < -0.3 is 14.5 Å². The van der Waals surface area contributed by atoms with Crippen molar-refractivity contribution in [3.8, 4) is 5.75 Å². The summed E-state index contributed by atoms with van der Waals surface area (Å²) >= 11 is 7.27. The summed E-state index contributed by atoms with van der Waals surface area (Å²) in [6, 6.07) is 7.44. The molecule has 0 radical (unpaired) electrons. The number of rotatable bonds is 7. The Morgan fingerprint density at radius 1 is 1.33 bits per heavy atom. The summed E-state index contributed by atoms with van der Waals surface area (Å²) in [4.78, 5) is 12.2. The highest BCUT2D eigenvalue weighted by molar-refractivity contribution is 7.99. The lowest BCUT2D eigenvalue weighted by Gasteiger charge is -2.34. The Balaban J connectivity index is 1.44. The number of carbonyl (C=O) groups excluding carboxylic acids is 1. The second-order valence-electron chi connectivity index (χ2n) is 6.91. The van der Waals surface area contributed by atoms with Crippen molar-refractivity contribution >= 4 is 29.3 Å². The van der Waals surface area contributed by atoms with E-state index in [9.17, 15) is 4.79 Å². The third kappa shape index (κ3) is 5.62. The molecule has 6 nitrogen and oxygen atoms in total. The minimum absolute atomic E-state index is 0.00184. The lowest BCUT2D eigenvalue weighted by molar-refractivity contribution is -0.120. The second-order valence-corrected chi connectivity index (χ2v) is 8.24. The van der Waals surface area contributed by atoms with Gasteiger partial charge in [-0.15, -0.1) is 10.2 Å². The molecule has 1 N–H and O–H groups in total. The van der Waals surface area contributed by atoms with E-state index >= 15 is 0 Å². The molecule has 0 aliphatic heterocycles. The number of ether oxygens (including phenoxy) is 1. The average molecular weight is 410 g/mol. The van der Waals surface area contributed by atoms with Crippen molar-refractivity contribution in [2.75, 3.05) is 5.75 Å². The van der Waals surface area contributed by atoms with E-state index < -0.39 is 0 Å². The van der Waals surface area contributed by atoms with Gasteiger partial charge in [-0.25, -0.2) is 0 Å². The molecule has 0 bridgehead atoms. The highest BCUT2D eigenvalue weighted by Gasteiger charge is 2.28. The smallest absolute Gasteiger partial charge is 0.277 e. The Morgan fingerprint density at radius 2 is 2.15 bits per heavy atom. The van der Waals surface area contributed by atoms with Crippen molar-refractivity contribution in [1.29, 1.82) is 0 Å². The minimum atomic E-state index is -0.00184. The normalized spacial score (nSPS) is 22.4. The maximum atomic E-state index is 12.2. The van der Waals surface area contributed by atoms with Crippen LogP contribution in [0.5, 0.6) is 5.75 Å². The van der Waals surface area contributed by atoms with Crippen LogP contribution in [-0.2, 0) is 11.4 Å². The molecular weight excluding hydrogens is 386 g/mol. The van der Waals surface area contributed by atoms with Crippen LogP contribution >= 0.6 is 23.4 Å². The van der Waals surface area contributed by atoms with Gasteiger partial charge >= 0.3 is 0 Å². The molecule has 1 aromatic heterocycles. The molecule has 1 fully saturated rings. The van der Waals surface area contributed by atoms with Gasteiger partial charge in [-0.1, -0.05) is 62.2 Å². The lowest BCUT2D eigenvalue weighted by atomic mass is 9.78.